The first-order valence-corrected chi connectivity index (χ1v) is 13.5. The van der Waals surface area contributed by atoms with Gasteiger partial charge in [0.15, 0.2) is 0 Å². The molecule has 0 fully saturated rings. The van der Waals surface area contributed by atoms with Gasteiger partial charge in [-0.25, -0.2) is 0 Å². The lowest BCUT2D eigenvalue weighted by atomic mass is 9.81. The highest BCUT2D eigenvalue weighted by molar-refractivity contribution is 6.25. The fraction of sp³-hybridized carbons (Fsp3) is 0.0732. The van der Waals surface area contributed by atoms with E-state index in [0.29, 0.717) is 27.5 Å². The summed E-state index contributed by atoms with van der Waals surface area (Å²) in [6, 6.07) is 3.78. The molecule has 1 heteroatoms. The first-order chi connectivity index (χ1) is 26.9. The van der Waals surface area contributed by atoms with E-state index in [9.17, 15) is 9.60 Å². The maximum Gasteiger partial charge on any atom is 0.136 e. The van der Waals surface area contributed by atoms with E-state index in [1.807, 2.05) is 0 Å². The van der Waals surface area contributed by atoms with E-state index in [1.54, 1.807) is 56.3 Å². The second-order valence-electron chi connectivity index (χ2n) is 10.9. The number of hydrogen-bond donors (Lipinski definition) is 0. The predicted molar refractivity (Wildman–Crippen MR) is 177 cm³/mol. The van der Waals surface area contributed by atoms with Crippen molar-refractivity contribution >= 4 is 43.5 Å². The van der Waals surface area contributed by atoms with Crippen LogP contribution in [-0.2, 0) is 5.41 Å². The Labute approximate surface area is 265 Å². The maximum atomic E-state index is 9.83. The lowest BCUT2D eigenvalue weighted by Gasteiger charge is -2.22. The van der Waals surface area contributed by atoms with Gasteiger partial charge in [-0.15, -0.1) is 0 Å². The smallest absolute Gasteiger partial charge is 0.136 e. The maximum absolute atomic E-state index is 9.83. The zero-order valence-electron chi connectivity index (χ0n) is 37.4. The Morgan fingerprint density at radius 2 is 1.14 bits per heavy atom. The number of hydrogen-bond acceptors (Lipinski definition) is 1. The Morgan fingerprint density at radius 3 is 1.90 bits per heavy atom. The summed E-state index contributed by atoms with van der Waals surface area (Å²) in [6.07, 6.45) is 0. The molecule has 1 aromatic heterocycles. The normalized spacial score (nSPS) is 18.7. The molecule has 0 saturated heterocycles. The Morgan fingerprint density at radius 1 is 0.524 bits per heavy atom. The summed E-state index contributed by atoms with van der Waals surface area (Å²) in [6.45, 7) is 3.28. The van der Waals surface area contributed by atoms with Gasteiger partial charge in [-0.1, -0.05) is 129 Å². The summed E-state index contributed by atoms with van der Waals surface area (Å²) in [5.74, 6) is 0. The summed E-state index contributed by atoms with van der Waals surface area (Å²) in [5.41, 5.74) is -0.572. The van der Waals surface area contributed by atoms with Gasteiger partial charge in [-0.3, -0.25) is 0 Å². The zero-order chi connectivity index (χ0) is 41.1. The lowest BCUT2D eigenvalue weighted by molar-refractivity contribution is 0.660. The van der Waals surface area contributed by atoms with Crippen LogP contribution in [0.25, 0.3) is 76.9 Å². The van der Waals surface area contributed by atoms with Crippen molar-refractivity contribution in [3.05, 3.63) is 144 Å². The van der Waals surface area contributed by atoms with E-state index in [4.69, 9.17) is 15.4 Å². The molecule has 0 bridgehead atoms. The van der Waals surface area contributed by atoms with Gasteiger partial charge < -0.3 is 4.42 Å². The molecule has 1 aliphatic carbocycles. The van der Waals surface area contributed by atoms with Crippen LogP contribution in [0.3, 0.4) is 0 Å². The average Bonchev–Trinajstić information content (AvgIpc) is 3.69. The molecule has 0 radical (unpaired) electrons. The minimum atomic E-state index is -1.28. The summed E-state index contributed by atoms with van der Waals surface area (Å²) in [4.78, 5) is 0. The van der Waals surface area contributed by atoms with Crippen LogP contribution in [0.2, 0.25) is 0 Å². The molecule has 0 N–H and O–H groups in total. The molecule has 1 aliphatic rings. The Hall–Kier alpha value is -5.14. The van der Waals surface area contributed by atoms with E-state index >= 15 is 0 Å². The molecule has 42 heavy (non-hydrogen) atoms. The number of rotatable bonds is 2. The molecular weight excluding hydrogens is 508 g/mol. The fourth-order valence-electron chi connectivity index (χ4n) is 6.41. The van der Waals surface area contributed by atoms with Crippen molar-refractivity contribution in [2.75, 3.05) is 0 Å². The second kappa shape index (κ2) is 8.44. The van der Waals surface area contributed by atoms with Gasteiger partial charge >= 0.3 is 0 Å². The molecule has 0 aliphatic heterocycles. The third-order valence-electron chi connectivity index (χ3n) is 8.30. The van der Waals surface area contributed by atoms with Crippen LogP contribution >= 0.6 is 0 Å². The first kappa shape index (κ1) is 13.2. The number of benzene rings is 7. The zero-order valence-corrected chi connectivity index (χ0v) is 22.4. The van der Waals surface area contributed by atoms with E-state index in [2.05, 4.69) is 0 Å². The molecule has 0 atom stereocenters. The molecule has 7 aromatic carbocycles. The first-order valence-electron chi connectivity index (χ1n) is 21.0. The summed E-state index contributed by atoms with van der Waals surface area (Å²) in [5, 5.41) is 0.337. The standard InChI is InChI=1S/C41H28O/c1-41(2)34-19-9-7-12-26(34)33-24-25(22-23-35(33)41)38-27-13-3-5-15-29(27)39(30-16-6-4-14-28(30)38)32-18-11-21-37-40(32)31-17-8-10-20-36(31)42-37/h3-24H,1-2H3/i3D,4D,5D,6D,7D,9D,12D,13D,14D,15D,16D,19D,22D,23D,24D. The van der Waals surface area contributed by atoms with Crippen molar-refractivity contribution in [3.8, 4) is 33.4 Å². The average molecular weight is 552 g/mol. The monoisotopic (exact) mass is 551 g/mol. The van der Waals surface area contributed by atoms with Gasteiger partial charge in [0.25, 0.3) is 0 Å². The lowest BCUT2D eigenvalue weighted by Crippen LogP contribution is -2.14. The summed E-state index contributed by atoms with van der Waals surface area (Å²) in [7, 11) is 0. The van der Waals surface area contributed by atoms with Crippen molar-refractivity contribution in [1.82, 2.24) is 0 Å². The number of fused-ring (bicyclic) bond motifs is 8. The number of furan rings is 1. The molecule has 0 saturated carbocycles. The molecule has 8 aromatic rings. The van der Waals surface area contributed by atoms with Gasteiger partial charge in [0.2, 0.25) is 0 Å². The van der Waals surface area contributed by atoms with Crippen molar-refractivity contribution in [2.45, 2.75) is 19.3 Å². The number of para-hydroxylation sites is 1. The van der Waals surface area contributed by atoms with Gasteiger partial charge in [-0.05, 0) is 84.2 Å². The molecule has 1 heterocycles. The molecule has 198 valence electrons. The van der Waals surface area contributed by atoms with Crippen LogP contribution in [0.4, 0.5) is 0 Å². The van der Waals surface area contributed by atoms with Gasteiger partial charge in [0.1, 0.15) is 11.2 Å². The molecule has 0 unspecified atom stereocenters. The fourth-order valence-corrected chi connectivity index (χ4v) is 6.41. The van der Waals surface area contributed by atoms with E-state index < -0.39 is 95.6 Å². The Bertz CT molecular complexity index is 3140. The highest BCUT2D eigenvalue weighted by atomic mass is 16.3. The topological polar surface area (TPSA) is 13.1 Å². The van der Waals surface area contributed by atoms with Gasteiger partial charge in [0, 0.05) is 16.2 Å². The minimum absolute atomic E-state index is 0.0471. The molecular formula is C41H28O. The van der Waals surface area contributed by atoms with E-state index in [1.165, 1.54) is 0 Å². The van der Waals surface area contributed by atoms with Crippen LogP contribution < -0.4 is 0 Å². The van der Waals surface area contributed by atoms with Crippen molar-refractivity contribution in [1.29, 1.82) is 0 Å². The van der Waals surface area contributed by atoms with Crippen LogP contribution in [0.5, 0.6) is 0 Å². The quantitative estimate of drug-likeness (QED) is 0.195. The van der Waals surface area contributed by atoms with E-state index in [0.717, 1.165) is 0 Å². The second-order valence-corrected chi connectivity index (χ2v) is 10.9. The molecule has 0 spiro atoms. The third kappa shape index (κ3) is 3.08. The predicted octanol–water partition coefficient (Wildman–Crippen LogP) is 11.5. The van der Waals surface area contributed by atoms with Crippen molar-refractivity contribution in [3.63, 3.8) is 0 Å². The Kier molecular flexibility index (Phi) is 2.66. The van der Waals surface area contributed by atoms with Crippen molar-refractivity contribution < 1.29 is 25.0 Å². The van der Waals surface area contributed by atoms with Crippen molar-refractivity contribution in [2.24, 2.45) is 0 Å². The molecule has 9 rings (SSSR count). The molecule has 1 nitrogen and oxygen atoms in total. The van der Waals surface area contributed by atoms with Crippen LogP contribution in [0, 0.1) is 0 Å². The van der Waals surface area contributed by atoms with Gasteiger partial charge in [-0.2, -0.15) is 0 Å². The largest absolute Gasteiger partial charge is 0.456 e. The Balaban J connectivity index is 1.60. The molecule has 0 amide bonds. The minimum Gasteiger partial charge on any atom is -0.456 e. The van der Waals surface area contributed by atoms with Gasteiger partial charge in [0.05, 0.1) is 20.6 Å². The van der Waals surface area contributed by atoms with Crippen LogP contribution in [-0.4, -0.2) is 0 Å². The van der Waals surface area contributed by atoms with Crippen LogP contribution in [0.1, 0.15) is 45.5 Å². The van der Waals surface area contributed by atoms with E-state index in [-0.39, 0.29) is 61.0 Å². The third-order valence-corrected chi connectivity index (χ3v) is 8.30. The highest BCUT2D eigenvalue weighted by Crippen LogP contribution is 2.51. The van der Waals surface area contributed by atoms with Crippen LogP contribution in [0.15, 0.2) is 138 Å². The summed E-state index contributed by atoms with van der Waals surface area (Å²) >= 11 is 0. The SMILES string of the molecule is [2H]c1c([2H])c([2H])c2c(c1[2H])-c1c([2H])c(-c3c4c([2H])c([2H])c([2H])c([2H])c4c(-c4cccc5oc6ccccc6c45)c4c([2H])c([2H])c([2H])c([2H])c34)c([2H])c([2H])c1C2(C)C. The summed E-state index contributed by atoms with van der Waals surface area (Å²) < 4.78 is 143. The highest BCUT2D eigenvalue weighted by Gasteiger charge is 2.35.